The Labute approximate surface area is 107 Å². The van der Waals surface area contributed by atoms with Crippen LogP contribution in [0.25, 0.3) is 0 Å². The number of hydrogen-bond acceptors (Lipinski definition) is 5. The van der Waals surface area contributed by atoms with E-state index in [9.17, 15) is 4.79 Å². The Bertz CT molecular complexity index is 407. The summed E-state index contributed by atoms with van der Waals surface area (Å²) >= 11 is 0. The molecule has 0 bridgehead atoms. The first-order valence-electron chi connectivity index (χ1n) is 5.88. The van der Waals surface area contributed by atoms with Gasteiger partial charge in [0, 0.05) is 6.54 Å². The van der Waals surface area contributed by atoms with E-state index in [1.807, 2.05) is 14.1 Å². The molecule has 6 heteroatoms. The van der Waals surface area contributed by atoms with Gasteiger partial charge in [-0.15, -0.1) is 0 Å². The molecule has 1 aromatic rings. The Morgan fingerprint density at radius 2 is 2.22 bits per heavy atom. The van der Waals surface area contributed by atoms with Crippen molar-refractivity contribution in [2.75, 3.05) is 38.2 Å². The van der Waals surface area contributed by atoms with Gasteiger partial charge in [-0.3, -0.25) is 0 Å². The van der Waals surface area contributed by atoms with Gasteiger partial charge in [0.1, 0.15) is 5.82 Å². The third kappa shape index (κ3) is 4.58. The van der Waals surface area contributed by atoms with E-state index in [-0.39, 0.29) is 11.3 Å². The van der Waals surface area contributed by atoms with Gasteiger partial charge in [0.15, 0.2) is 0 Å². The van der Waals surface area contributed by atoms with E-state index in [1.165, 1.54) is 12.3 Å². The Morgan fingerprint density at radius 3 is 2.83 bits per heavy atom. The van der Waals surface area contributed by atoms with Crippen molar-refractivity contribution in [2.45, 2.75) is 12.8 Å². The maximum absolute atomic E-state index is 10.9. The summed E-state index contributed by atoms with van der Waals surface area (Å²) in [7, 11) is 4.07. The van der Waals surface area contributed by atoms with Crippen molar-refractivity contribution in [3.05, 3.63) is 17.8 Å². The van der Waals surface area contributed by atoms with E-state index >= 15 is 0 Å². The number of nitrogens with two attached hydrogens (primary N) is 1. The second kappa shape index (κ2) is 6.80. The Balaban J connectivity index is 2.43. The molecule has 1 heterocycles. The molecule has 0 amide bonds. The van der Waals surface area contributed by atoms with E-state index in [2.05, 4.69) is 15.2 Å². The lowest BCUT2D eigenvalue weighted by atomic mass is 10.2. The van der Waals surface area contributed by atoms with Crippen LogP contribution in [0.1, 0.15) is 23.2 Å². The SMILES string of the molecule is CN(C)CCCCNc1cc(C(=O)O)c(N)cn1. The number of carboxylic acids is 1. The van der Waals surface area contributed by atoms with Gasteiger partial charge >= 0.3 is 5.97 Å². The average molecular weight is 252 g/mol. The molecule has 0 saturated heterocycles. The summed E-state index contributed by atoms with van der Waals surface area (Å²) in [5.74, 6) is -0.489. The van der Waals surface area contributed by atoms with E-state index in [0.29, 0.717) is 5.82 Å². The van der Waals surface area contributed by atoms with Crippen LogP contribution in [0.5, 0.6) is 0 Å². The van der Waals surface area contributed by atoms with E-state index in [1.54, 1.807) is 0 Å². The minimum Gasteiger partial charge on any atom is -0.478 e. The van der Waals surface area contributed by atoms with E-state index < -0.39 is 5.97 Å². The zero-order chi connectivity index (χ0) is 13.5. The van der Waals surface area contributed by atoms with Crippen molar-refractivity contribution >= 4 is 17.5 Å². The number of aromatic carboxylic acids is 1. The summed E-state index contributed by atoms with van der Waals surface area (Å²) in [6, 6.07) is 1.46. The number of nitrogen functional groups attached to an aromatic ring is 1. The second-order valence-electron chi connectivity index (χ2n) is 4.40. The van der Waals surface area contributed by atoms with Crippen molar-refractivity contribution in [2.24, 2.45) is 0 Å². The fourth-order valence-corrected chi connectivity index (χ4v) is 1.52. The van der Waals surface area contributed by atoms with Crippen molar-refractivity contribution in [3.63, 3.8) is 0 Å². The van der Waals surface area contributed by atoms with Crippen molar-refractivity contribution in [3.8, 4) is 0 Å². The zero-order valence-corrected chi connectivity index (χ0v) is 10.8. The Hall–Kier alpha value is -1.82. The maximum Gasteiger partial charge on any atom is 0.337 e. The Kier molecular flexibility index (Phi) is 5.38. The molecular weight excluding hydrogens is 232 g/mol. The minimum absolute atomic E-state index is 0.0841. The molecule has 0 aliphatic carbocycles. The number of rotatable bonds is 7. The maximum atomic E-state index is 10.9. The highest BCUT2D eigenvalue weighted by molar-refractivity contribution is 5.94. The smallest absolute Gasteiger partial charge is 0.337 e. The van der Waals surface area contributed by atoms with Gasteiger partial charge in [0.05, 0.1) is 17.4 Å². The quantitative estimate of drug-likeness (QED) is 0.630. The standard InChI is InChI=1S/C12H20N4O2/c1-16(2)6-4-3-5-14-11-7-9(12(17)18)10(13)8-15-11/h7-8H,3-6,13H2,1-2H3,(H,14,15)(H,17,18). The van der Waals surface area contributed by atoms with E-state index in [4.69, 9.17) is 10.8 Å². The molecule has 0 spiro atoms. The number of carbonyl (C=O) groups is 1. The molecule has 0 atom stereocenters. The van der Waals surface area contributed by atoms with Crippen LogP contribution in [-0.4, -0.2) is 48.1 Å². The molecule has 0 unspecified atom stereocenters. The monoisotopic (exact) mass is 252 g/mol. The van der Waals surface area contributed by atoms with Gasteiger partial charge in [-0.1, -0.05) is 0 Å². The van der Waals surface area contributed by atoms with Crippen molar-refractivity contribution in [1.29, 1.82) is 0 Å². The second-order valence-corrected chi connectivity index (χ2v) is 4.40. The summed E-state index contributed by atoms with van der Waals surface area (Å²) in [6.45, 7) is 1.81. The van der Waals surface area contributed by atoms with Crippen molar-refractivity contribution < 1.29 is 9.90 Å². The van der Waals surface area contributed by atoms with Crippen LogP contribution in [0.15, 0.2) is 12.3 Å². The molecule has 6 nitrogen and oxygen atoms in total. The summed E-state index contributed by atoms with van der Waals surface area (Å²) in [5, 5.41) is 12.0. The lowest BCUT2D eigenvalue weighted by Gasteiger charge is -2.10. The van der Waals surface area contributed by atoms with Crippen molar-refractivity contribution in [1.82, 2.24) is 9.88 Å². The molecule has 18 heavy (non-hydrogen) atoms. The predicted molar refractivity (Wildman–Crippen MR) is 71.9 cm³/mol. The first-order chi connectivity index (χ1) is 8.50. The number of unbranched alkanes of at least 4 members (excludes halogenated alkanes) is 1. The average Bonchev–Trinajstić information content (AvgIpc) is 2.30. The fraction of sp³-hybridized carbons (Fsp3) is 0.500. The van der Waals surface area contributed by atoms with Crippen LogP contribution < -0.4 is 11.1 Å². The molecule has 0 saturated carbocycles. The molecule has 1 aromatic heterocycles. The number of carboxylic acid groups (broad SMARTS) is 1. The molecular formula is C12H20N4O2. The first kappa shape index (κ1) is 14.2. The zero-order valence-electron chi connectivity index (χ0n) is 10.8. The third-order valence-electron chi connectivity index (χ3n) is 2.50. The van der Waals surface area contributed by atoms with Crippen LogP contribution in [0.4, 0.5) is 11.5 Å². The first-order valence-corrected chi connectivity index (χ1v) is 5.88. The predicted octanol–water partition coefficient (Wildman–Crippen LogP) is 1.12. The van der Waals surface area contributed by atoms with Gasteiger partial charge in [-0.25, -0.2) is 9.78 Å². The highest BCUT2D eigenvalue weighted by atomic mass is 16.4. The highest BCUT2D eigenvalue weighted by Crippen LogP contribution is 2.14. The number of aromatic nitrogens is 1. The lowest BCUT2D eigenvalue weighted by Crippen LogP contribution is -2.14. The topological polar surface area (TPSA) is 91.5 Å². The van der Waals surface area contributed by atoms with Crippen LogP contribution in [-0.2, 0) is 0 Å². The van der Waals surface area contributed by atoms with Crippen LogP contribution >= 0.6 is 0 Å². The van der Waals surface area contributed by atoms with Crippen LogP contribution in [0.2, 0.25) is 0 Å². The normalized spacial score (nSPS) is 10.6. The highest BCUT2D eigenvalue weighted by Gasteiger charge is 2.09. The lowest BCUT2D eigenvalue weighted by molar-refractivity contribution is 0.0698. The number of pyridine rings is 1. The summed E-state index contributed by atoms with van der Waals surface area (Å²) in [6.07, 6.45) is 3.46. The summed E-state index contributed by atoms with van der Waals surface area (Å²) in [4.78, 5) is 17.1. The molecule has 4 N–H and O–H groups in total. The summed E-state index contributed by atoms with van der Waals surface area (Å²) in [5.41, 5.74) is 5.79. The van der Waals surface area contributed by atoms with Crippen LogP contribution in [0.3, 0.4) is 0 Å². The molecule has 0 aliphatic rings. The van der Waals surface area contributed by atoms with Gasteiger partial charge in [-0.05, 0) is 39.5 Å². The Morgan fingerprint density at radius 1 is 1.50 bits per heavy atom. The van der Waals surface area contributed by atoms with Gasteiger partial charge in [0.2, 0.25) is 0 Å². The molecule has 100 valence electrons. The molecule has 1 rings (SSSR count). The fourth-order valence-electron chi connectivity index (χ4n) is 1.52. The molecule has 0 radical (unpaired) electrons. The number of nitrogens with zero attached hydrogens (tertiary/aromatic N) is 2. The minimum atomic E-state index is -1.04. The van der Waals surface area contributed by atoms with Crippen LogP contribution in [0, 0.1) is 0 Å². The third-order valence-corrected chi connectivity index (χ3v) is 2.50. The molecule has 0 aromatic carbocycles. The molecule has 0 aliphatic heterocycles. The van der Waals surface area contributed by atoms with Gasteiger partial charge in [0.25, 0.3) is 0 Å². The largest absolute Gasteiger partial charge is 0.478 e. The summed E-state index contributed by atoms with van der Waals surface area (Å²) < 4.78 is 0. The van der Waals surface area contributed by atoms with E-state index in [0.717, 1.165) is 25.9 Å². The van der Waals surface area contributed by atoms with Gasteiger partial charge < -0.3 is 21.1 Å². The number of nitrogens with one attached hydrogen (secondary N) is 1. The number of hydrogen-bond donors (Lipinski definition) is 3. The number of anilines is 2. The van der Waals surface area contributed by atoms with Gasteiger partial charge in [-0.2, -0.15) is 0 Å². The molecule has 0 fully saturated rings.